The maximum Gasteiger partial charge on any atom is 0.329 e. The number of hydrogen-bond donors (Lipinski definition) is 1. The van der Waals surface area contributed by atoms with Crippen LogP contribution in [0.2, 0.25) is 0 Å². The smallest absolute Gasteiger partial charge is 0.329 e. The Balaban J connectivity index is 2.40. The molecule has 0 bridgehead atoms. The molecule has 0 atom stereocenters. The van der Waals surface area contributed by atoms with Crippen LogP contribution in [0.25, 0.3) is 0 Å². The zero-order valence-electron chi connectivity index (χ0n) is 5.57. The summed E-state index contributed by atoms with van der Waals surface area (Å²) in [6.45, 7) is 1.35. The monoisotopic (exact) mass is 140 g/mol. The van der Waals surface area contributed by atoms with Crippen LogP contribution >= 0.6 is 0 Å². The van der Waals surface area contributed by atoms with E-state index in [-0.39, 0.29) is 5.97 Å². The zero-order chi connectivity index (χ0) is 7.40. The van der Waals surface area contributed by atoms with Gasteiger partial charge in [0.2, 0.25) is 0 Å². The molecule has 0 aromatic heterocycles. The van der Waals surface area contributed by atoms with E-state index < -0.39 is 0 Å². The van der Waals surface area contributed by atoms with Crippen molar-refractivity contribution < 1.29 is 9.63 Å². The molecule has 4 nitrogen and oxygen atoms in total. The summed E-state index contributed by atoms with van der Waals surface area (Å²) in [5.74, 6) is -0.337. The van der Waals surface area contributed by atoms with Crippen LogP contribution in [0.4, 0.5) is 0 Å². The molecule has 0 fully saturated rings. The van der Waals surface area contributed by atoms with Crippen LogP contribution in [0.15, 0.2) is 24.8 Å². The summed E-state index contributed by atoms with van der Waals surface area (Å²) in [4.78, 5) is 15.0. The zero-order valence-corrected chi connectivity index (χ0v) is 5.57. The van der Waals surface area contributed by atoms with Gasteiger partial charge in [0.25, 0.3) is 0 Å². The molecule has 1 aliphatic rings. The third kappa shape index (κ3) is 1.81. The van der Waals surface area contributed by atoms with Gasteiger partial charge in [0.1, 0.15) is 0 Å². The Bertz CT molecular complexity index is 174. The normalized spacial score (nSPS) is 14.7. The van der Waals surface area contributed by atoms with E-state index in [0.29, 0.717) is 0 Å². The Kier molecular flexibility index (Phi) is 1.94. The van der Waals surface area contributed by atoms with Crippen molar-refractivity contribution in [1.82, 2.24) is 10.4 Å². The number of carbonyl (C=O) groups excluding carboxylic acids is 1. The molecular weight excluding hydrogens is 132 g/mol. The summed E-state index contributed by atoms with van der Waals surface area (Å²) in [5.41, 5.74) is 0. The number of hydroxylamine groups is 2. The average molecular weight is 140 g/mol. The minimum atomic E-state index is -0.337. The largest absolute Gasteiger partial charge is 0.365 e. The summed E-state index contributed by atoms with van der Waals surface area (Å²) >= 11 is 0. The van der Waals surface area contributed by atoms with E-state index >= 15 is 0 Å². The molecule has 0 unspecified atom stereocenters. The van der Waals surface area contributed by atoms with Crippen molar-refractivity contribution in [1.29, 1.82) is 0 Å². The van der Waals surface area contributed by atoms with Crippen LogP contribution in [0.5, 0.6) is 0 Å². The average Bonchev–Trinajstić information content (AvgIpc) is 1.88. The first-order valence-electron chi connectivity index (χ1n) is 2.85. The third-order valence-electron chi connectivity index (χ3n) is 0.869. The first-order valence-corrected chi connectivity index (χ1v) is 2.85. The van der Waals surface area contributed by atoms with Gasteiger partial charge in [-0.05, 0) is 0 Å². The van der Waals surface area contributed by atoms with Crippen LogP contribution in [0, 0.1) is 0 Å². The Morgan fingerprint density at radius 1 is 1.50 bits per heavy atom. The lowest BCUT2D eigenvalue weighted by atomic mass is 10.7. The molecule has 1 aliphatic heterocycles. The molecule has 0 saturated carbocycles. The fourth-order valence-electron chi connectivity index (χ4n) is 0.548. The van der Waals surface area contributed by atoms with Gasteiger partial charge in [0, 0.05) is 19.3 Å². The predicted molar refractivity (Wildman–Crippen MR) is 35.0 cm³/mol. The second-order valence-corrected chi connectivity index (χ2v) is 1.74. The van der Waals surface area contributed by atoms with Gasteiger partial charge >= 0.3 is 5.97 Å². The van der Waals surface area contributed by atoms with Gasteiger partial charge in [0.15, 0.2) is 0 Å². The van der Waals surface area contributed by atoms with Crippen molar-refractivity contribution in [2.75, 3.05) is 0 Å². The minimum Gasteiger partial charge on any atom is -0.365 e. The quantitative estimate of drug-likeness (QED) is 0.569. The van der Waals surface area contributed by atoms with Gasteiger partial charge in [-0.1, -0.05) is 0 Å². The van der Waals surface area contributed by atoms with Crippen molar-refractivity contribution in [3.8, 4) is 0 Å². The van der Waals surface area contributed by atoms with Crippen LogP contribution in [-0.4, -0.2) is 11.0 Å². The molecule has 1 heterocycles. The standard InChI is InChI=1S/C6H8N2O2/c1-6(9)10-8-4-2-7-3-5-8/h2-5,7H,1H3. The van der Waals surface area contributed by atoms with Gasteiger partial charge in [-0.2, -0.15) is 5.06 Å². The fourth-order valence-corrected chi connectivity index (χ4v) is 0.548. The topological polar surface area (TPSA) is 41.6 Å². The molecular formula is C6H8N2O2. The summed E-state index contributed by atoms with van der Waals surface area (Å²) in [6.07, 6.45) is 6.51. The van der Waals surface area contributed by atoms with Crippen LogP contribution in [-0.2, 0) is 9.63 Å². The van der Waals surface area contributed by atoms with Crippen LogP contribution < -0.4 is 5.32 Å². The molecule has 1 rings (SSSR count). The highest BCUT2D eigenvalue weighted by Gasteiger charge is 1.99. The van der Waals surface area contributed by atoms with Gasteiger partial charge in [-0.25, -0.2) is 4.79 Å². The molecule has 0 saturated heterocycles. The van der Waals surface area contributed by atoms with Gasteiger partial charge in [-0.15, -0.1) is 0 Å². The second-order valence-electron chi connectivity index (χ2n) is 1.74. The first-order chi connectivity index (χ1) is 4.79. The van der Waals surface area contributed by atoms with Gasteiger partial charge in [-0.3, -0.25) is 0 Å². The first kappa shape index (κ1) is 6.67. The van der Waals surface area contributed by atoms with Crippen molar-refractivity contribution in [3.63, 3.8) is 0 Å². The predicted octanol–water partition coefficient (Wildman–Crippen LogP) is 0.312. The lowest BCUT2D eigenvalue weighted by Crippen LogP contribution is -2.18. The molecule has 4 heteroatoms. The maximum atomic E-state index is 10.4. The van der Waals surface area contributed by atoms with Crippen molar-refractivity contribution in [2.24, 2.45) is 0 Å². The molecule has 1 N–H and O–H groups in total. The number of carbonyl (C=O) groups is 1. The summed E-state index contributed by atoms with van der Waals surface area (Å²) in [5, 5.41) is 4.11. The van der Waals surface area contributed by atoms with E-state index in [1.54, 1.807) is 24.8 Å². The lowest BCUT2D eigenvalue weighted by molar-refractivity contribution is -0.166. The van der Waals surface area contributed by atoms with Crippen molar-refractivity contribution >= 4 is 5.97 Å². The summed E-state index contributed by atoms with van der Waals surface area (Å²) in [7, 11) is 0. The Morgan fingerprint density at radius 3 is 2.60 bits per heavy atom. The van der Waals surface area contributed by atoms with Crippen molar-refractivity contribution in [2.45, 2.75) is 6.92 Å². The van der Waals surface area contributed by atoms with E-state index in [1.807, 2.05) is 0 Å². The number of rotatable bonds is 1. The second kappa shape index (κ2) is 2.91. The fraction of sp³-hybridized carbons (Fsp3) is 0.167. The van der Waals surface area contributed by atoms with E-state index in [0.717, 1.165) is 0 Å². The maximum absolute atomic E-state index is 10.4. The molecule has 0 aromatic carbocycles. The summed E-state index contributed by atoms with van der Waals surface area (Å²) in [6, 6.07) is 0. The molecule has 0 spiro atoms. The molecule has 10 heavy (non-hydrogen) atoms. The Morgan fingerprint density at radius 2 is 2.10 bits per heavy atom. The molecule has 54 valence electrons. The number of nitrogens with one attached hydrogen (secondary N) is 1. The molecule has 0 radical (unpaired) electrons. The number of hydrogen-bond acceptors (Lipinski definition) is 4. The van der Waals surface area contributed by atoms with E-state index in [1.165, 1.54) is 12.0 Å². The van der Waals surface area contributed by atoms with E-state index in [4.69, 9.17) is 0 Å². The van der Waals surface area contributed by atoms with Crippen LogP contribution in [0.3, 0.4) is 0 Å². The summed E-state index contributed by atoms with van der Waals surface area (Å²) < 4.78 is 0. The van der Waals surface area contributed by atoms with Crippen molar-refractivity contribution in [3.05, 3.63) is 24.8 Å². The molecule has 0 aromatic rings. The highest BCUT2D eigenvalue weighted by atomic mass is 16.7. The SMILES string of the molecule is CC(=O)ON1C=CNC=C1. The third-order valence-corrected chi connectivity index (χ3v) is 0.869. The minimum absolute atomic E-state index is 0.337. The lowest BCUT2D eigenvalue weighted by Gasteiger charge is -2.15. The molecule has 0 aliphatic carbocycles. The Labute approximate surface area is 58.7 Å². The van der Waals surface area contributed by atoms with Gasteiger partial charge < -0.3 is 10.2 Å². The van der Waals surface area contributed by atoms with E-state index in [9.17, 15) is 4.79 Å². The Hall–Kier alpha value is -1.45. The highest BCUT2D eigenvalue weighted by Crippen LogP contribution is 1.96. The highest BCUT2D eigenvalue weighted by molar-refractivity contribution is 5.65. The van der Waals surface area contributed by atoms with Gasteiger partial charge in [0.05, 0.1) is 12.4 Å². The van der Waals surface area contributed by atoms with Crippen LogP contribution in [0.1, 0.15) is 6.92 Å². The molecule has 0 amide bonds. The number of nitrogens with zero attached hydrogens (tertiary/aromatic N) is 1. The van der Waals surface area contributed by atoms with E-state index in [2.05, 4.69) is 10.2 Å².